The summed E-state index contributed by atoms with van der Waals surface area (Å²) in [4.78, 5) is 24.5. The third-order valence-electron chi connectivity index (χ3n) is 3.20. The van der Waals surface area contributed by atoms with Crippen LogP contribution in [-0.4, -0.2) is 31.1 Å². The van der Waals surface area contributed by atoms with Crippen LogP contribution in [0, 0.1) is 0 Å². The van der Waals surface area contributed by atoms with Gasteiger partial charge >= 0.3 is 0 Å². The molecule has 0 bridgehead atoms. The van der Waals surface area contributed by atoms with Gasteiger partial charge in [0.1, 0.15) is 11.0 Å². The molecule has 0 fully saturated rings. The molecular weight excluding hydrogens is 316 g/mol. The van der Waals surface area contributed by atoms with Gasteiger partial charge in [0.15, 0.2) is 5.82 Å². The van der Waals surface area contributed by atoms with Crippen molar-refractivity contribution in [2.75, 3.05) is 0 Å². The summed E-state index contributed by atoms with van der Waals surface area (Å²) in [6, 6.07) is 6.53. The largest absolute Gasteiger partial charge is 0.342 e. The fraction of sp³-hybridized carbons (Fsp3) is 0.133. The van der Waals surface area contributed by atoms with E-state index in [1.807, 2.05) is 12.1 Å². The second-order valence-electron chi connectivity index (χ2n) is 4.82. The molecule has 0 saturated heterocycles. The summed E-state index contributed by atoms with van der Waals surface area (Å²) < 4.78 is 0. The second-order valence-corrected chi connectivity index (χ2v) is 5.18. The molecule has 0 aromatic carbocycles. The molecule has 3 aromatic rings. The van der Waals surface area contributed by atoms with Crippen LogP contribution in [-0.2, 0) is 0 Å². The number of hydrogen-bond donors (Lipinski definition) is 2. The molecule has 2 N–H and O–H groups in total. The van der Waals surface area contributed by atoms with Crippen LogP contribution in [0.5, 0.6) is 0 Å². The van der Waals surface area contributed by atoms with Gasteiger partial charge in [0.2, 0.25) is 0 Å². The van der Waals surface area contributed by atoms with Crippen molar-refractivity contribution in [2.45, 2.75) is 13.0 Å². The number of halogens is 1. The molecule has 0 unspecified atom stereocenters. The van der Waals surface area contributed by atoms with Gasteiger partial charge in [-0.25, -0.2) is 9.97 Å². The Hall–Kier alpha value is -2.80. The molecule has 3 heterocycles. The minimum atomic E-state index is -0.359. The molecule has 0 spiro atoms. The number of aromatic amines is 1. The minimum Gasteiger partial charge on any atom is -0.342 e. The van der Waals surface area contributed by atoms with E-state index < -0.39 is 0 Å². The number of nitrogens with one attached hydrogen (secondary N) is 2. The van der Waals surface area contributed by atoms with Gasteiger partial charge in [0, 0.05) is 24.2 Å². The summed E-state index contributed by atoms with van der Waals surface area (Å²) in [5.74, 6) is 0.769. The maximum Gasteiger partial charge on any atom is 0.254 e. The van der Waals surface area contributed by atoms with E-state index in [4.69, 9.17) is 11.6 Å². The van der Waals surface area contributed by atoms with Crippen molar-refractivity contribution in [2.24, 2.45) is 0 Å². The van der Waals surface area contributed by atoms with Crippen LogP contribution in [0.1, 0.15) is 29.1 Å². The van der Waals surface area contributed by atoms with Crippen molar-refractivity contribution in [3.8, 4) is 11.4 Å². The first kappa shape index (κ1) is 15.1. The number of aromatic nitrogens is 5. The predicted octanol–water partition coefficient (Wildman–Crippen LogP) is 2.41. The van der Waals surface area contributed by atoms with Crippen molar-refractivity contribution in [1.29, 1.82) is 0 Å². The van der Waals surface area contributed by atoms with E-state index in [0.717, 1.165) is 5.56 Å². The lowest BCUT2D eigenvalue weighted by atomic mass is 10.2. The van der Waals surface area contributed by atoms with Crippen LogP contribution in [0.2, 0.25) is 5.15 Å². The highest BCUT2D eigenvalue weighted by Gasteiger charge is 2.17. The summed E-state index contributed by atoms with van der Waals surface area (Å²) in [5.41, 5.74) is 1.16. The Morgan fingerprint density at radius 1 is 1.26 bits per heavy atom. The van der Waals surface area contributed by atoms with Gasteiger partial charge in [-0.15, -0.1) is 0 Å². The normalized spacial score (nSPS) is 11.9. The molecule has 0 aliphatic carbocycles. The van der Waals surface area contributed by atoms with E-state index in [2.05, 4.69) is 30.5 Å². The number of carbonyl (C=O) groups is 1. The number of pyridine rings is 2. The van der Waals surface area contributed by atoms with Crippen molar-refractivity contribution in [1.82, 2.24) is 30.5 Å². The molecule has 0 radical (unpaired) electrons. The maximum atomic E-state index is 12.2. The summed E-state index contributed by atoms with van der Waals surface area (Å²) in [5, 5.41) is 9.95. The van der Waals surface area contributed by atoms with Gasteiger partial charge in [0.25, 0.3) is 5.91 Å². The average Bonchev–Trinajstić information content (AvgIpc) is 3.06. The molecule has 8 heteroatoms. The number of carbonyl (C=O) groups excluding carboxylic acids is 1. The predicted molar refractivity (Wildman–Crippen MR) is 84.7 cm³/mol. The molecular formula is C15H13ClN6O. The Morgan fingerprint density at radius 3 is 2.78 bits per heavy atom. The fourth-order valence-corrected chi connectivity index (χ4v) is 2.20. The van der Waals surface area contributed by atoms with E-state index in [-0.39, 0.29) is 17.1 Å². The van der Waals surface area contributed by atoms with Gasteiger partial charge in [-0.2, -0.15) is 5.10 Å². The molecule has 1 atom stereocenters. The number of nitrogens with zero attached hydrogens (tertiary/aromatic N) is 4. The highest BCUT2D eigenvalue weighted by molar-refractivity contribution is 6.32. The number of amides is 1. The van der Waals surface area contributed by atoms with Gasteiger partial charge in [-0.1, -0.05) is 11.6 Å². The van der Waals surface area contributed by atoms with Crippen molar-refractivity contribution < 1.29 is 4.79 Å². The minimum absolute atomic E-state index is 0.159. The van der Waals surface area contributed by atoms with E-state index in [1.165, 1.54) is 6.20 Å². The molecule has 0 saturated carbocycles. The Morgan fingerprint density at radius 2 is 2.04 bits per heavy atom. The highest BCUT2D eigenvalue weighted by atomic mass is 35.5. The summed E-state index contributed by atoms with van der Waals surface area (Å²) in [6.45, 7) is 1.80. The Labute approximate surface area is 137 Å². The molecule has 23 heavy (non-hydrogen) atoms. The third-order valence-corrected chi connectivity index (χ3v) is 3.50. The van der Waals surface area contributed by atoms with Gasteiger partial charge in [-0.3, -0.25) is 14.9 Å². The topological polar surface area (TPSA) is 96.5 Å². The number of H-pyrrole nitrogens is 1. The van der Waals surface area contributed by atoms with Gasteiger partial charge < -0.3 is 5.32 Å². The molecule has 7 nitrogen and oxygen atoms in total. The zero-order chi connectivity index (χ0) is 16.2. The van der Waals surface area contributed by atoms with Crippen LogP contribution >= 0.6 is 11.6 Å². The first-order valence-corrected chi connectivity index (χ1v) is 7.27. The molecule has 1 amide bonds. The van der Waals surface area contributed by atoms with Crippen molar-refractivity contribution in [3.63, 3.8) is 0 Å². The van der Waals surface area contributed by atoms with Crippen LogP contribution < -0.4 is 5.32 Å². The van der Waals surface area contributed by atoms with Crippen molar-refractivity contribution in [3.05, 3.63) is 59.4 Å². The Balaban J connectivity index is 1.74. The molecule has 0 aliphatic rings. The second kappa shape index (κ2) is 6.53. The SMILES string of the molecule is C[C@H](NC(=O)c1cccnc1Cl)c1nc(-c2ccncc2)n[nH]1. The third kappa shape index (κ3) is 3.35. The maximum absolute atomic E-state index is 12.2. The van der Waals surface area contributed by atoms with Crippen LogP contribution in [0.3, 0.4) is 0 Å². The Bertz CT molecular complexity index is 820. The first-order chi connectivity index (χ1) is 11.1. The average molecular weight is 329 g/mol. The summed E-state index contributed by atoms with van der Waals surface area (Å²) in [7, 11) is 0. The zero-order valence-corrected chi connectivity index (χ0v) is 12.9. The standard InChI is InChI=1S/C15H13ClN6O/c1-9(19-15(23)11-3-2-6-18-12(11)16)13-20-14(22-21-13)10-4-7-17-8-5-10/h2-9H,1H3,(H,19,23)(H,20,21,22)/t9-/m0/s1. The lowest BCUT2D eigenvalue weighted by molar-refractivity contribution is 0.0938. The zero-order valence-electron chi connectivity index (χ0n) is 12.2. The van der Waals surface area contributed by atoms with Crippen molar-refractivity contribution >= 4 is 17.5 Å². The summed E-state index contributed by atoms with van der Waals surface area (Å²) in [6.07, 6.45) is 4.86. The molecule has 3 rings (SSSR count). The molecule has 3 aromatic heterocycles. The van der Waals surface area contributed by atoms with E-state index in [1.54, 1.807) is 31.5 Å². The van der Waals surface area contributed by atoms with Crippen LogP contribution in [0.4, 0.5) is 0 Å². The lowest BCUT2D eigenvalue weighted by Crippen LogP contribution is -2.27. The van der Waals surface area contributed by atoms with Gasteiger partial charge in [0.05, 0.1) is 11.6 Å². The monoisotopic (exact) mass is 328 g/mol. The van der Waals surface area contributed by atoms with Gasteiger partial charge in [-0.05, 0) is 31.2 Å². The van der Waals surface area contributed by atoms with E-state index >= 15 is 0 Å². The fourth-order valence-electron chi connectivity index (χ4n) is 2.00. The number of hydrogen-bond acceptors (Lipinski definition) is 5. The smallest absolute Gasteiger partial charge is 0.254 e. The summed E-state index contributed by atoms with van der Waals surface area (Å²) >= 11 is 5.92. The lowest BCUT2D eigenvalue weighted by Gasteiger charge is -2.11. The number of rotatable bonds is 4. The highest BCUT2D eigenvalue weighted by Crippen LogP contribution is 2.17. The quantitative estimate of drug-likeness (QED) is 0.717. The molecule has 0 aliphatic heterocycles. The Kier molecular flexibility index (Phi) is 4.29. The van der Waals surface area contributed by atoms with E-state index in [0.29, 0.717) is 17.2 Å². The van der Waals surface area contributed by atoms with E-state index in [9.17, 15) is 4.79 Å². The first-order valence-electron chi connectivity index (χ1n) is 6.89. The van der Waals surface area contributed by atoms with Crippen LogP contribution in [0.25, 0.3) is 11.4 Å². The van der Waals surface area contributed by atoms with Crippen LogP contribution in [0.15, 0.2) is 42.9 Å². The molecule has 116 valence electrons.